The molecule has 1 aliphatic heterocycles. The van der Waals surface area contributed by atoms with Crippen molar-refractivity contribution in [3.8, 4) is 0 Å². The first kappa shape index (κ1) is 78.8. The average Bonchev–Trinajstić information content (AvgIpc) is 0.874. The van der Waals surface area contributed by atoms with E-state index in [4.69, 9.17) is 48.2 Å². The van der Waals surface area contributed by atoms with E-state index in [-0.39, 0.29) is 25.9 Å². The van der Waals surface area contributed by atoms with Crippen LogP contribution in [0.3, 0.4) is 0 Å². The predicted molar refractivity (Wildman–Crippen MR) is 402 cm³/mol. The third-order valence-electron chi connectivity index (χ3n) is 19.4. The molecule has 7 aromatic rings. The SMILES string of the molecule is CCCCCCCCCCCCCC[C@@H](OCc1ccccc1)[C@@H](OCc1ccccc1)[C@H](CO[C@H]1O[C@H](COCc2ccccc2)[C@H](OCc2ccccc2)[C@H](OCc2ccccc2)[C@H]1OCc1ccccc1)n1cc(CCCCCN(CCCCCCC)CCCCCCC)nn1. The molecule has 12 heteroatoms. The summed E-state index contributed by atoms with van der Waals surface area (Å²) >= 11 is 0. The fraction of sp³-hybridized carbons (Fsp3) is 0.563. The molecule has 0 N–H and O–H groups in total. The lowest BCUT2D eigenvalue weighted by Gasteiger charge is -2.46. The van der Waals surface area contributed by atoms with Crippen molar-refractivity contribution in [3.63, 3.8) is 0 Å². The third-order valence-corrected chi connectivity index (χ3v) is 19.4. The van der Waals surface area contributed by atoms with E-state index in [2.05, 4.69) is 141 Å². The van der Waals surface area contributed by atoms with Crippen molar-refractivity contribution in [2.24, 2.45) is 0 Å². The van der Waals surface area contributed by atoms with E-state index in [1.807, 2.05) is 77.5 Å². The van der Waals surface area contributed by atoms with Crippen molar-refractivity contribution in [2.45, 2.75) is 283 Å². The molecule has 1 fully saturated rings. The molecule has 6 aromatic carbocycles. The summed E-state index contributed by atoms with van der Waals surface area (Å²) in [5.41, 5.74) is 7.27. The number of rotatable bonds is 56. The molecule has 8 rings (SSSR count). The Labute approximate surface area is 597 Å². The summed E-state index contributed by atoms with van der Waals surface area (Å²) in [5, 5.41) is 10.1. The first-order valence-corrected chi connectivity index (χ1v) is 38.9. The van der Waals surface area contributed by atoms with Crippen molar-refractivity contribution < 1.29 is 37.9 Å². The summed E-state index contributed by atoms with van der Waals surface area (Å²) in [6, 6.07) is 61.7. The summed E-state index contributed by atoms with van der Waals surface area (Å²) in [6.45, 7) is 12.9. The number of hydrogen-bond donors (Lipinski definition) is 0. The lowest BCUT2D eigenvalue weighted by molar-refractivity contribution is -0.331. The van der Waals surface area contributed by atoms with Crippen LogP contribution < -0.4 is 0 Å². The minimum atomic E-state index is -0.969. The zero-order chi connectivity index (χ0) is 68.7. The van der Waals surface area contributed by atoms with Crippen molar-refractivity contribution in [1.29, 1.82) is 0 Å². The second-order valence-corrected chi connectivity index (χ2v) is 27.7. The molecule has 1 aromatic heterocycles. The van der Waals surface area contributed by atoms with E-state index in [0.29, 0.717) is 33.0 Å². The molecule has 0 radical (unpaired) electrons. The second kappa shape index (κ2) is 49.6. The third kappa shape index (κ3) is 31.1. The van der Waals surface area contributed by atoms with Gasteiger partial charge in [-0.2, -0.15) is 0 Å². The number of unbranched alkanes of at least 4 members (excludes halogenated alkanes) is 21. The Hall–Kier alpha value is -5.90. The van der Waals surface area contributed by atoms with Gasteiger partial charge in [-0.1, -0.05) is 343 Å². The van der Waals surface area contributed by atoms with Crippen LogP contribution in [0.25, 0.3) is 0 Å². The molecule has 1 aliphatic rings. The highest BCUT2D eigenvalue weighted by Gasteiger charge is 2.50. The van der Waals surface area contributed by atoms with Gasteiger partial charge in [0.15, 0.2) is 6.29 Å². The van der Waals surface area contributed by atoms with Gasteiger partial charge in [0, 0.05) is 6.20 Å². The molecule has 1 saturated heterocycles. The van der Waals surface area contributed by atoms with Crippen molar-refractivity contribution in [1.82, 2.24) is 19.9 Å². The Balaban J connectivity index is 1.12. The molecule has 12 nitrogen and oxygen atoms in total. The zero-order valence-corrected chi connectivity index (χ0v) is 60.9. The molecule has 99 heavy (non-hydrogen) atoms. The van der Waals surface area contributed by atoms with Crippen LogP contribution in [0.1, 0.15) is 233 Å². The highest BCUT2D eigenvalue weighted by molar-refractivity contribution is 5.18. The van der Waals surface area contributed by atoms with Gasteiger partial charge < -0.3 is 42.8 Å². The van der Waals surface area contributed by atoms with Gasteiger partial charge in [0.2, 0.25) is 0 Å². The zero-order valence-electron chi connectivity index (χ0n) is 60.9. The second-order valence-electron chi connectivity index (χ2n) is 27.7. The predicted octanol–water partition coefficient (Wildman–Crippen LogP) is 20.8. The standard InChI is InChI=1S/C87H124N4O8/c1-4-7-10-13-14-15-16-17-18-19-20-43-60-81(93-66-74-49-32-24-33-50-74)83(94-67-75-51-34-25-35-52-75)80(91-64-79(88-89-91)59-42-29-46-63-90(61-44-21-11-8-5-2)62-45-22-12-9-6-3)71-98-87-86(97-70-78-57-40-28-41-58-78)85(96-69-77-55-38-27-39-56-77)84(95-68-76-53-36-26-37-54-76)82(99-87)72-92-65-73-47-30-23-31-48-73/h23-28,30-41,47-58,64,80-87H,4-22,29,42-46,59-63,65-72H2,1-3H3/t80-,81+,82+,83-,84-,85-,86+,87-/m0/s1. The van der Waals surface area contributed by atoms with Gasteiger partial charge in [0.1, 0.15) is 36.6 Å². The maximum Gasteiger partial charge on any atom is 0.187 e. The van der Waals surface area contributed by atoms with Gasteiger partial charge in [0.05, 0.1) is 64.7 Å². The van der Waals surface area contributed by atoms with E-state index < -0.39 is 42.9 Å². The van der Waals surface area contributed by atoms with Crippen LogP contribution in [-0.2, 0) is 84.0 Å². The number of nitrogens with zero attached hydrogens (tertiary/aromatic N) is 4. The minimum absolute atomic E-state index is 0.118. The Morgan fingerprint density at radius 1 is 0.394 bits per heavy atom. The molecule has 0 amide bonds. The van der Waals surface area contributed by atoms with E-state index >= 15 is 0 Å². The highest BCUT2D eigenvalue weighted by Crippen LogP contribution is 2.35. The number of aromatic nitrogens is 3. The van der Waals surface area contributed by atoms with Gasteiger partial charge in [-0.3, -0.25) is 0 Å². The molecule has 0 aliphatic carbocycles. The van der Waals surface area contributed by atoms with E-state index in [0.717, 1.165) is 84.1 Å². The number of aryl methyl sites for hydroxylation is 1. The molecule has 0 saturated carbocycles. The topological polar surface area (TPSA) is 108 Å². The fourth-order valence-corrected chi connectivity index (χ4v) is 13.6. The van der Waals surface area contributed by atoms with Crippen LogP contribution in [-0.4, -0.2) is 95.7 Å². The maximum absolute atomic E-state index is 7.52. The molecular weight excluding hydrogens is 1230 g/mol. The lowest BCUT2D eigenvalue weighted by atomic mass is 9.97. The van der Waals surface area contributed by atoms with Crippen LogP contribution in [0.5, 0.6) is 0 Å². The first-order valence-electron chi connectivity index (χ1n) is 38.9. The smallest absolute Gasteiger partial charge is 0.187 e. The summed E-state index contributed by atoms with van der Waals surface area (Å²) < 4.78 is 59.9. The highest BCUT2D eigenvalue weighted by atomic mass is 16.7. The maximum atomic E-state index is 7.52. The quantitative estimate of drug-likeness (QED) is 0.0340. The van der Waals surface area contributed by atoms with Crippen molar-refractivity contribution in [2.75, 3.05) is 32.8 Å². The molecule has 8 atom stereocenters. The summed E-state index contributed by atoms with van der Waals surface area (Å²) in [7, 11) is 0. The van der Waals surface area contributed by atoms with Crippen LogP contribution >= 0.6 is 0 Å². The van der Waals surface area contributed by atoms with E-state index in [1.165, 1.54) is 148 Å². The number of ether oxygens (including phenoxy) is 8. The van der Waals surface area contributed by atoms with E-state index in [9.17, 15) is 0 Å². The number of hydrogen-bond acceptors (Lipinski definition) is 11. The van der Waals surface area contributed by atoms with Crippen LogP contribution in [0.4, 0.5) is 0 Å². The van der Waals surface area contributed by atoms with Gasteiger partial charge in [0.25, 0.3) is 0 Å². The largest absolute Gasteiger partial charge is 0.374 e. The Bertz CT molecular complexity index is 3010. The first-order chi connectivity index (χ1) is 49.1. The van der Waals surface area contributed by atoms with E-state index in [1.54, 1.807) is 0 Å². The van der Waals surface area contributed by atoms with Crippen molar-refractivity contribution in [3.05, 3.63) is 227 Å². The lowest BCUT2D eigenvalue weighted by Crippen LogP contribution is -2.62. The minimum Gasteiger partial charge on any atom is -0.374 e. The molecule has 0 unspecified atom stereocenters. The normalized spacial score (nSPS) is 17.3. The van der Waals surface area contributed by atoms with Gasteiger partial charge in [-0.25, -0.2) is 4.68 Å². The monoisotopic (exact) mass is 1350 g/mol. The fourth-order valence-electron chi connectivity index (χ4n) is 13.6. The average molecular weight is 1350 g/mol. The van der Waals surface area contributed by atoms with Crippen molar-refractivity contribution >= 4 is 0 Å². The molecule has 0 spiro atoms. The number of benzene rings is 6. The summed E-state index contributed by atoms with van der Waals surface area (Å²) in [6.07, 6.45) is 30.8. The Morgan fingerprint density at radius 2 is 0.778 bits per heavy atom. The summed E-state index contributed by atoms with van der Waals surface area (Å²) in [4.78, 5) is 2.75. The van der Waals surface area contributed by atoms with Crippen LogP contribution in [0, 0.1) is 0 Å². The summed E-state index contributed by atoms with van der Waals surface area (Å²) in [5.74, 6) is 0. The molecule has 2 heterocycles. The Morgan fingerprint density at radius 3 is 1.24 bits per heavy atom. The molecular formula is C87H124N4O8. The Kier molecular flexibility index (Phi) is 39.5. The molecule has 0 bridgehead atoms. The van der Waals surface area contributed by atoms with Crippen LogP contribution in [0.2, 0.25) is 0 Å². The molecule has 540 valence electrons. The van der Waals surface area contributed by atoms with Crippen LogP contribution in [0.15, 0.2) is 188 Å². The van der Waals surface area contributed by atoms with Gasteiger partial charge >= 0.3 is 0 Å². The van der Waals surface area contributed by atoms with Gasteiger partial charge in [-0.15, -0.1) is 5.10 Å². The van der Waals surface area contributed by atoms with Gasteiger partial charge in [-0.05, 0) is 91.5 Å².